The maximum absolute atomic E-state index is 13.2. The normalized spacial score (nSPS) is 18.0. The predicted molar refractivity (Wildman–Crippen MR) is 149 cm³/mol. The molecule has 220 valence electrons. The van der Waals surface area contributed by atoms with Crippen LogP contribution in [0.25, 0.3) is 0 Å². The minimum Gasteiger partial charge on any atom is -0.474 e. The van der Waals surface area contributed by atoms with Crippen LogP contribution in [0.1, 0.15) is 39.2 Å². The highest BCUT2D eigenvalue weighted by Gasteiger charge is 2.34. The molecule has 2 atom stereocenters. The Balaban J connectivity index is 1.23. The van der Waals surface area contributed by atoms with Crippen LogP contribution in [0, 0.1) is 5.92 Å². The number of hydrogen-bond acceptors (Lipinski definition) is 8. The number of cyclic esters (lactones) is 1. The number of carbonyl (C=O) groups excluding carboxylic acids is 4. The number of aromatic nitrogens is 1. The molecule has 2 N–H and O–H groups in total. The summed E-state index contributed by atoms with van der Waals surface area (Å²) in [6.45, 7) is 6.84. The van der Waals surface area contributed by atoms with E-state index in [0.717, 1.165) is 5.56 Å². The largest absolute Gasteiger partial charge is 0.474 e. The van der Waals surface area contributed by atoms with Gasteiger partial charge in [-0.2, -0.15) is 0 Å². The number of ether oxygens (including phenoxy) is 3. The Labute approximate surface area is 239 Å². The number of nitrogens with one attached hydrogen (secondary N) is 2. The molecule has 0 bridgehead atoms. The summed E-state index contributed by atoms with van der Waals surface area (Å²) in [6.07, 6.45) is 1.10. The van der Waals surface area contributed by atoms with Crippen molar-refractivity contribution in [2.24, 2.45) is 5.92 Å². The van der Waals surface area contributed by atoms with Crippen LogP contribution in [-0.4, -0.2) is 78.3 Å². The van der Waals surface area contributed by atoms with Crippen molar-refractivity contribution < 1.29 is 33.4 Å². The van der Waals surface area contributed by atoms with Gasteiger partial charge in [-0.25, -0.2) is 14.6 Å². The van der Waals surface area contributed by atoms with Gasteiger partial charge in [0.2, 0.25) is 17.7 Å². The number of nitrogens with zero attached hydrogens (tertiary/aromatic N) is 3. The molecule has 2 aromatic rings. The van der Waals surface area contributed by atoms with Crippen LogP contribution in [0.15, 0.2) is 48.7 Å². The van der Waals surface area contributed by atoms with Crippen molar-refractivity contribution in [2.75, 3.05) is 31.1 Å². The fraction of sp³-hybridized carbons (Fsp3) is 0.483. The molecular weight excluding hydrogens is 530 g/mol. The van der Waals surface area contributed by atoms with Crippen LogP contribution in [0.4, 0.5) is 15.3 Å². The first-order valence-electron chi connectivity index (χ1n) is 13.8. The average Bonchev–Trinajstić information content (AvgIpc) is 3.35. The standard InChI is InChI=1S/C29H37N5O7/c1-19(2)26(32-28(37)39-18-21-7-5-4-6-8-21)27(36)33-13-11-23(12-14-33)40-25-10-9-22(15-31-25)34-17-24(41-29(34)38)16-30-20(3)35/h4-10,15,19,23-24,26H,11-14,16-18H2,1-3H3,(H,30,35)(H,32,37)/t24-,26?/m0/s1. The first kappa shape index (κ1) is 29.6. The van der Waals surface area contributed by atoms with Gasteiger partial charge in [-0.3, -0.25) is 14.5 Å². The number of likely N-dealkylation sites (tertiary alicyclic amines) is 1. The third-order valence-electron chi connectivity index (χ3n) is 6.95. The second-order valence-electron chi connectivity index (χ2n) is 10.5. The van der Waals surface area contributed by atoms with Gasteiger partial charge in [-0.05, 0) is 17.5 Å². The second-order valence-corrected chi connectivity index (χ2v) is 10.5. The quantitative estimate of drug-likeness (QED) is 0.447. The lowest BCUT2D eigenvalue weighted by atomic mass is 10.0. The summed E-state index contributed by atoms with van der Waals surface area (Å²) >= 11 is 0. The summed E-state index contributed by atoms with van der Waals surface area (Å²) in [5, 5.41) is 5.38. The number of amides is 4. The fourth-order valence-corrected chi connectivity index (χ4v) is 4.66. The molecule has 2 aliphatic rings. The van der Waals surface area contributed by atoms with Crippen molar-refractivity contribution in [1.82, 2.24) is 20.5 Å². The number of hydrogen-bond donors (Lipinski definition) is 2. The maximum Gasteiger partial charge on any atom is 0.414 e. The Morgan fingerprint density at radius 2 is 1.83 bits per heavy atom. The molecule has 12 heteroatoms. The highest BCUT2D eigenvalue weighted by atomic mass is 16.6. The van der Waals surface area contributed by atoms with E-state index >= 15 is 0 Å². The summed E-state index contributed by atoms with van der Waals surface area (Å²) in [5.41, 5.74) is 1.44. The minimum absolute atomic E-state index is 0.114. The van der Waals surface area contributed by atoms with E-state index in [1.54, 1.807) is 23.2 Å². The van der Waals surface area contributed by atoms with E-state index in [1.807, 2.05) is 44.2 Å². The molecule has 0 aliphatic carbocycles. The average molecular weight is 568 g/mol. The van der Waals surface area contributed by atoms with Crippen molar-refractivity contribution in [3.8, 4) is 5.88 Å². The first-order valence-corrected chi connectivity index (χ1v) is 13.8. The van der Waals surface area contributed by atoms with Crippen molar-refractivity contribution in [1.29, 1.82) is 0 Å². The molecule has 3 heterocycles. The zero-order valence-corrected chi connectivity index (χ0v) is 23.6. The lowest BCUT2D eigenvalue weighted by Crippen LogP contribution is -2.53. The molecule has 0 radical (unpaired) electrons. The number of alkyl carbamates (subject to hydrolysis) is 1. The molecule has 12 nitrogen and oxygen atoms in total. The van der Waals surface area contributed by atoms with Crippen molar-refractivity contribution in [3.63, 3.8) is 0 Å². The van der Waals surface area contributed by atoms with Gasteiger partial charge < -0.3 is 29.7 Å². The smallest absolute Gasteiger partial charge is 0.414 e. The second kappa shape index (κ2) is 13.8. The van der Waals surface area contributed by atoms with E-state index in [2.05, 4.69) is 15.6 Å². The summed E-state index contributed by atoms with van der Waals surface area (Å²) in [7, 11) is 0. The fourth-order valence-electron chi connectivity index (χ4n) is 4.66. The molecule has 1 aromatic heterocycles. The van der Waals surface area contributed by atoms with Gasteiger partial charge in [0.1, 0.15) is 24.9 Å². The molecule has 0 saturated carbocycles. The molecule has 2 fully saturated rings. The highest BCUT2D eigenvalue weighted by Crippen LogP contribution is 2.24. The molecule has 0 spiro atoms. The summed E-state index contributed by atoms with van der Waals surface area (Å²) in [5.74, 6) is -0.0267. The van der Waals surface area contributed by atoms with E-state index in [4.69, 9.17) is 14.2 Å². The number of carbonyl (C=O) groups is 4. The van der Waals surface area contributed by atoms with Crippen molar-refractivity contribution >= 4 is 29.7 Å². The van der Waals surface area contributed by atoms with Gasteiger partial charge in [0, 0.05) is 38.9 Å². The van der Waals surface area contributed by atoms with Gasteiger partial charge >= 0.3 is 12.2 Å². The van der Waals surface area contributed by atoms with E-state index in [9.17, 15) is 19.2 Å². The SMILES string of the molecule is CC(=O)NC[C@H]1CN(c2ccc(OC3CCN(C(=O)C(NC(=O)OCc4ccccc4)C(C)C)CC3)nc2)C(=O)O1. The Bertz CT molecular complexity index is 1200. The molecule has 2 aliphatic heterocycles. The topological polar surface area (TPSA) is 139 Å². The third kappa shape index (κ3) is 8.32. The number of piperidine rings is 1. The van der Waals surface area contributed by atoms with Crippen molar-refractivity contribution in [3.05, 3.63) is 54.2 Å². The van der Waals surface area contributed by atoms with Crippen LogP contribution in [0.3, 0.4) is 0 Å². The van der Waals surface area contributed by atoms with Gasteiger partial charge in [-0.1, -0.05) is 44.2 Å². The monoisotopic (exact) mass is 567 g/mol. The zero-order chi connectivity index (χ0) is 29.4. The molecular formula is C29H37N5O7. The molecule has 4 amide bonds. The van der Waals surface area contributed by atoms with E-state index in [0.29, 0.717) is 44.0 Å². The summed E-state index contributed by atoms with van der Waals surface area (Å²) < 4.78 is 16.6. The Kier molecular flexibility index (Phi) is 9.99. The van der Waals surface area contributed by atoms with Crippen LogP contribution < -0.4 is 20.3 Å². The van der Waals surface area contributed by atoms with E-state index in [1.165, 1.54) is 11.8 Å². The molecule has 1 aromatic carbocycles. The molecule has 2 saturated heterocycles. The third-order valence-corrected chi connectivity index (χ3v) is 6.95. The molecule has 1 unspecified atom stereocenters. The van der Waals surface area contributed by atoms with Gasteiger partial charge in [0.05, 0.1) is 25.0 Å². The number of pyridine rings is 1. The van der Waals surface area contributed by atoms with E-state index < -0.39 is 24.3 Å². The zero-order valence-electron chi connectivity index (χ0n) is 23.6. The number of benzene rings is 1. The molecule has 41 heavy (non-hydrogen) atoms. The summed E-state index contributed by atoms with van der Waals surface area (Å²) in [6, 6.07) is 12.1. The van der Waals surface area contributed by atoms with Gasteiger partial charge in [0.15, 0.2) is 0 Å². The first-order chi connectivity index (χ1) is 19.7. The lowest BCUT2D eigenvalue weighted by molar-refractivity contribution is -0.136. The highest BCUT2D eigenvalue weighted by molar-refractivity contribution is 5.89. The van der Waals surface area contributed by atoms with Crippen molar-refractivity contribution in [2.45, 2.75) is 58.5 Å². The Morgan fingerprint density at radius 1 is 1.10 bits per heavy atom. The Morgan fingerprint density at radius 3 is 2.46 bits per heavy atom. The van der Waals surface area contributed by atoms with Gasteiger partial charge in [-0.15, -0.1) is 0 Å². The van der Waals surface area contributed by atoms with Crippen LogP contribution in [0.5, 0.6) is 5.88 Å². The Hall–Kier alpha value is -4.35. The maximum atomic E-state index is 13.2. The lowest BCUT2D eigenvalue weighted by Gasteiger charge is -2.35. The van der Waals surface area contributed by atoms with Gasteiger partial charge in [0.25, 0.3) is 0 Å². The predicted octanol–water partition coefficient (Wildman–Crippen LogP) is 2.86. The van der Waals surface area contributed by atoms with Crippen LogP contribution in [0.2, 0.25) is 0 Å². The minimum atomic E-state index is -0.694. The van der Waals surface area contributed by atoms with Crippen LogP contribution >= 0.6 is 0 Å². The summed E-state index contributed by atoms with van der Waals surface area (Å²) in [4.78, 5) is 56.5. The number of anilines is 1. The molecule has 4 rings (SSSR count). The number of rotatable bonds is 10. The van der Waals surface area contributed by atoms with E-state index in [-0.39, 0.29) is 37.0 Å². The van der Waals surface area contributed by atoms with Crippen LogP contribution in [-0.2, 0) is 25.7 Å².